The summed E-state index contributed by atoms with van der Waals surface area (Å²) < 4.78 is 11.0. The first kappa shape index (κ1) is 18.3. The second-order valence-corrected chi connectivity index (χ2v) is 6.22. The lowest BCUT2D eigenvalue weighted by Gasteiger charge is -2.31. The van der Waals surface area contributed by atoms with Gasteiger partial charge in [0.25, 0.3) is 5.91 Å². The molecule has 1 aliphatic rings. The molecule has 0 bridgehead atoms. The summed E-state index contributed by atoms with van der Waals surface area (Å²) >= 11 is 0. The molecule has 0 spiro atoms. The fourth-order valence-electron chi connectivity index (χ4n) is 3.20. The Balaban J connectivity index is 1.90. The topological polar surface area (TPSA) is 73.6 Å². The lowest BCUT2D eigenvalue weighted by Crippen LogP contribution is -2.46. The Morgan fingerprint density at radius 3 is 2.88 bits per heavy atom. The molecule has 2 atom stereocenters. The van der Waals surface area contributed by atoms with E-state index >= 15 is 0 Å². The van der Waals surface area contributed by atoms with E-state index in [1.54, 1.807) is 7.11 Å². The minimum Gasteiger partial charge on any atom is -0.493 e. The molecule has 1 aromatic rings. The molecule has 0 aliphatic heterocycles. The van der Waals surface area contributed by atoms with Gasteiger partial charge < -0.3 is 20.5 Å². The van der Waals surface area contributed by atoms with E-state index in [-0.39, 0.29) is 18.6 Å². The van der Waals surface area contributed by atoms with Gasteiger partial charge in [0, 0.05) is 6.04 Å². The number of allylic oxidation sites excluding steroid dienone is 1. The van der Waals surface area contributed by atoms with Crippen molar-refractivity contribution < 1.29 is 14.3 Å². The summed E-state index contributed by atoms with van der Waals surface area (Å²) in [6.07, 6.45) is 7.01. The summed E-state index contributed by atoms with van der Waals surface area (Å²) in [6, 6.07) is 5.84. The Labute approximate surface area is 144 Å². The van der Waals surface area contributed by atoms with Gasteiger partial charge in [-0.05, 0) is 49.4 Å². The van der Waals surface area contributed by atoms with E-state index < -0.39 is 0 Å². The lowest BCUT2D eigenvalue weighted by atomic mass is 9.84. The highest BCUT2D eigenvalue weighted by Gasteiger charge is 2.25. The Kier molecular flexibility index (Phi) is 7.12. The highest BCUT2D eigenvalue weighted by atomic mass is 16.5. The van der Waals surface area contributed by atoms with Crippen molar-refractivity contribution in [3.63, 3.8) is 0 Å². The molecule has 0 radical (unpaired) electrons. The van der Waals surface area contributed by atoms with Gasteiger partial charge in [-0.25, -0.2) is 0 Å². The molecule has 3 N–H and O–H groups in total. The van der Waals surface area contributed by atoms with Crippen LogP contribution in [0.15, 0.2) is 30.9 Å². The van der Waals surface area contributed by atoms with E-state index in [4.69, 9.17) is 15.2 Å². The van der Waals surface area contributed by atoms with Gasteiger partial charge in [0.05, 0.1) is 7.11 Å². The monoisotopic (exact) mass is 332 g/mol. The van der Waals surface area contributed by atoms with Crippen LogP contribution in [0, 0.1) is 5.92 Å². The average Bonchev–Trinajstić information content (AvgIpc) is 2.61. The second-order valence-electron chi connectivity index (χ2n) is 6.22. The first-order valence-corrected chi connectivity index (χ1v) is 8.58. The van der Waals surface area contributed by atoms with E-state index in [1.165, 1.54) is 6.42 Å². The minimum atomic E-state index is -0.113. The Morgan fingerprint density at radius 1 is 1.38 bits per heavy atom. The smallest absolute Gasteiger partial charge is 0.258 e. The molecule has 1 saturated carbocycles. The summed E-state index contributed by atoms with van der Waals surface area (Å²) in [6.45, 7) is 4.32. The van der Waals surface area contributed by atoms with E-state index in [0.29, 0.717) is 24.0 Å². The van der Waals surface area contributed by atoms with Crippen LogP contribution >= 0.6 is 0 Å². The van der Waals surface area contributed by atoms with Crippen LogP contribution in [0.25, 0.3) is 0 Å². The summed E-state index contributed by atoms with van der Waals surface area (Å²) in [5, 5.41) is 3.06. The Hall–Kier alpha value is -2.01. The quantitative estimate of drug-likeness (QED) is 0.717. The maximum atomic E-state index is 12.2. The van der Waals surface area contributed by atoms with Crippen molar-refractivity contribution in [2.75, 3.05) is 20.3 Å². The number of carbonyl (C=O) groups excluding carboxylic acids is 1. The van der Waals surface area contributed by atoms with Gasteiger partial charge in [-0.2, -0.15) is 0 Å². The molecule has 0 saturated heterocycles. The number of methoxy groups -OCH3 is 1. The van der Waals surface area contributed by atoms with Crippen LogP contribution in [-0.4, -0.2) is 32.2 Å². The molecule has 2 rings (SSSR count). The first-order valence-electron chi connectivity index (χ1n) is 8.58. The molecule has 0 heterocycles. The number of carbonyl (C=O) groups is 1. The van der Waals surface area contributed by atoms with E-state index in [1.807, 2.05) is 24.3 Å². The lowest BCUT2D eigenvalue weighted by molar-refractivity contribution is -0.124. The van der Waals surface area contributed by atoms with Gasteiger partial charge in [0.15, 0.2) is 18.1 Å². The van der Waals surface area contributed by atoms with Gasteiger partial charge in [-0.1, -0.05) is 25.0 Å². The predicted molar refractivity (Wildman–Crippen MR) is 95.3 cm³/mol. The van der Waals surface area contributed by atoms with Crippen LogP contribution in [0.5, 0.6) is 11.5 Å². The van der Waals surface area contributed by atoms with Crippen LogP contribution in [0.1, 0.15) is 31.2 Å². The van der Waals surface area contributed by atoms with Gasteiger partial charge in [0.2, 0.25) is 0 Å². The third kappa shape index (κ3) is 4.99. The van der Waals surface area contributed by atoms with Crippen molar-refractivity contribution in [3.8, 4) is 11.5 Å². The number of hydrogen-bond acceptors (Lipinski definition) is 4. The van der Waals surface area contributed by atoms with Crippen molar-refractivity contribution >= 4 is 5.91 Å². The molecule has 5 heteroatoms. The maximum absolute atomic E-state index is 12.2. The largest absolute Gasteiger partial charge is 0.493 e. The zero-order chi connectivity index (χ0) is 17.4. The zero-order valence-corrected chi connectivity index (χ0v) is 14.4. The molecule has 1 aromatic carbocycles. The third-order valence-electron chi connectivity index (χ3n) is 4.53. The average molecular weight is 332 g/mol. The molecule has 0 aromatic heterocycles. The standard InChI is InChI=1S/C19H28N2O3/c1-3-6-14-9-10-17(18(11-14)23-2)24-13-19(22)21-16-8-5-4-7-15(16)12-20/h3,9-11,15-16H,1,4-8,12-13,20H2,2H3,(H,21,22). The molecule has 1 amide bonds. The fourth-order valence-corrected chi connectivity index (χ4v) is 3.20. The number of benzene rings is 1. The molecular weight excluding hydrogens is 304 g/mol. The number of amides is 1. The molecular formula is C19H28N2O3. The molecule has 1 aliphatic carbocycles. The minimum absolute atomic E-state index is 0.0229. The van der Waals surface area contributed by atoms with Crippen LogP contribution in [0.2, 0.25) is 0 Å². The van der Waals surface area contributed by atoms with Crippen LogP contribution < -0.4 is 20.5 Å². The van der Waals surface area contributed by atoms with E-state index in [0.717, 1.165) is 31.2 Å². The van der Waals surface area contributed by atoms with E-state index in [2.05, 4.69) is 11.9 Å². The SMILES string of the molecule is C=CCc1ccc(OCC(=O)NC2CCCCC2CN)c(OC)c1. The maximum Gasteiger partial charge on any atom is 0.258 e. The molecule has 132 valence electrons. The van der Waals surface area contributed by atoms with Gasteiger partial charge in [0.1, 0.15) is 0 Å². The van der Waals surface area contributed by atoms with E-state index in [9.17, 15) is 4.79 Å². The number of hydrogen-bond donors (Lipinski definition) is 2. The van der Waals surface area contributed by atoms with Crippen molar-refractivity contribution in [1.82, 2.24) is 5.32 Å². The molecule has 24 heavy (non-hydrogen) atoms. The molecule has 1 fully saturated rings. The number of rotatable bonds is 8. The van der Waals surface area contributed by atoms with Crippen molar-refractivity contribution in [1.29, 1.82) is 0 Å². The van der Waals surface area contributed by atoms with Gasteiger partial charge in [-0.3, -0.25) is 4.79 Å². The van der Waals surface area contributed by atoms with Crippen LogP contribution in [-0.2, 0) is 11.2 Å². The van der Waals surface area contributed by atoms with Gasteiger partial charge >= 0.3 is 0 Å². The zero-order valence-electron chi connectivity index (χ0n) is 14.4. The summed E-state index contributed by atoms with van der Waals surface area (Å²) in [5.74, 6) is 1.45. The number of nitrogens with two attached hydrogens (primary N) is 1. The predicted octanol–water partition coefficient (Wildman–Crippen LogP) is 2.44. The second kappa shape index (κ2) is 9.33. The first-order chi connectivity index (χ1) is 11.7. The highest BCUT2D eigenvalue weighted by Crippen LogP contribution is 2.28. The Morgan fingerprint density at radius 2 is 2.17 bits per heavy atom. The van der Waals surface area contributed by atoms with Crippen LogP contribution in [0.3, 0.4) is 0 Å². The third-order valence-corrected chi connectivity index (χ3v) is 4.53. The summed E-state index contributed by atoms with van der Waals surface area (Å²) in [4.78, 5) is 12.2. The van der Waals surface area contributed by atoms with Crippen molar-refractivity contribution in [3.05, 3.63) is 36.4 Å². The van der Waals surface area contributed by atoms with Crippen LogP contribution in [0.4, 0.5) is 0 Å². The normalized spacial score (nSPS) is 20.2. The van der Waals surface area contributed by atoms with Crippen molar-refractivity contribution in [2.45, 2.75) is 38.1 Å². The fraction of sp³-hybridized carbons (Fsp3) is 0.526. The van der Waals surface area contributed by atoms with Gasteiger partial charge in [-0.15, -0.1) is 6.58 Å². The molecule has 5 nitrogen and oxygen atoms in total. The van der Waals surface area contributed by atoms with Crippen molar-refractivity contribution in [2.24, 2.45) is 11.7 Å². The summed E-state index contributed by atoms with van der Waals surface area (Å²) in [5.41, 5.74) is 6.89. The Bertz CT molecular complexity index is 560. The number of nitrogens with one attached hydrogen (secondary N) is 1. The number of ether oxygens (including phenoxy) is 2. The summed E-state index contributed by atoms with van der Waals surface area (Å²) in [7, 11) is 1.59. The molecule has 2 unspecified atom stereocenters. The highest BCUT2D eigenvalue weighted by molar-refractivity contribution is 5.78.